The fourth-order valence-corrected chi connectivity index (χ4v) is 2.38. The van der Waals surface area contributed by atoms with Crippen molar-refractivity contribution in [2.45, 2.75) is 64.7 Å². The molecule has 0 radical (unpaired) electrons. The summed E-state index contributed by atoms with van der Waals surface area (Å²) < 4.78 is 0. The van der Waals surface area contributed by atoms with E-state index in [0.717, 1.165) is 12.8 Å². The number of benzene rings is 1. The number of carbonyl (C=O) groups is 1. The number of anilines is 1. The zero-order valence-corrected chi connectivity index (χ0v) is 13.2. The molecule has 1 rings (SSSR count). The van der Waals surface area contributed by atoms with Gasteiger partial charge in [-0.1, -0.05) is 75.6 Å². The highest BCUT2D eigenvalue weighted by atomic mass is 35.5. The average Bonchev–Trinajstić information content (AvgIpc) is 2.44. The van der Waals surface area contributed by atoms with Gasteiger partial charge in [-0.15, -0.1) is 0 Å². The van der Waals surface area contributed by atoms with Crippen LogP contribution in [0.3, 0.4) is 0 Å². The summed E-state index contributed by atoms with van der Waals surface area (Å²) in [5.41, 5.74) is 0.707. The Labute approximate surface area is 127 Å². The van der Waals surface area contributed by atoms with Crippen LogP contribution in [0.15, 0.2) is 24.3 Å². The molecule has 0 unspecified atom stereocenters. The topological polar surface area (TPSA) is 29.1 Å². The molecule has 0 heterocycles. The SMILES string of the molecule is CCCCCCCCCCC(=O)Nc1ccccc1Cl. The Hall–Kier alpha value is -1.02. The van der Waals surface area contributed by atoms with Crippen molar-refractivity contribution in [2.75, 3.05) is 5.32 Å². The molecule has 2 nitrogen and oxygen atoms in total. The Balaban J connectivity index is 2.05. The maximum Gasteiger partial charge on any atom is 0.224 e. The smallest absolute Gasteiger partial charge is 0.224 e. The Morgan fingerprint density at radius 1 is 1.00 bits per heavy atom. The zero-order chi connectivity index (χ0) is 14.6. The van der Waals surface area contributed by atoms with Gasteiger partial charge in [-0.2, -0.15) is 0 Å². The van der Waals surface area contributed by atoms with Crippen molar-refractivity contribution in [1.82, 2.24) is 0 Å². The first-order chi connectivity index (χ1) is 9.74. The third-order valence-electron chi connectivity index (χ3n) is 3.41. The number of hydrogen-bond acceptors (Lipinski definition) is 1. The summed E-state index contributed by atoms with van der Waals surface area (Å²) in [5.74, 6) is 0.0593. The van der Waals surface area contributed by atoms with Gasteiger partial charge in [0, 0.05) is 6.42 Å². The fraction of sp³-hybridized carbons (Fsp3) is 0.588. The highest BCUT2D eigenvalue weighted by Gasteiger charge is 2.04. The van der Waals surface area contributed by atoms with Crippen molar-refractivity contribution in [3.63, 3.8) is 0 Å². The van der Waals surface area contributed by atoms with Gasteiger partial charge in [0.25, 0.3) is 0 Å². The molecule has 112 valence electrons. The molecule has 1 N–H and O–H groups in total. The zero-order valence-electron chi connectivity index (χ0n) is 12.5. The second kappa shape index (κ2) is 10.7. The molecule has 0 atom stereocenters. The lowest BCUT2D eigenvalue weighted by Gasteiger charge is -2.06. The summed E-state index contributed by atoms with van der Waals surface area (Å²) in [5, 5.41) is 3.45. The number of unbranched alkanes of at least 4 members (excludes halogenated alkanes) is 7. The molecule has 0 fully saturated rings. The minimum absolute atomic E-state index is 0.0593. The molecule has 0 spiro atoms. The van der Waals surface area contributed by atoms with Crippen molar-refractivity contribution < 1.29 is 4.79 Å². The third-order valence-corrected chi connectivity index (χ3v) is 3.73. The molecule has 0 aliphatic carbocycles. The van der Waals surface area contributed by atoms with Gasteiger partial charge in [0.1, 0.15) is 0 Å². The van der Waals surface area contributed by atoms with Crippen molar-refractivity contribution >= 4 is 23.2 Å². The first kappa shape index (κ1) is 17.0. The summed E-state index contributed by atoms with van der Waals surface area (Å²) >= 11 is 6.00. The number of carbonyl (C=O) groups excluding carboxylic acids is 1. The van der Waals surface area contributed by atoms with Crippen LogP contribution in [0.4, 0.5) is 5.69 Å². The van der Waals surface area contributed by atoms with Gasteiger partial charge in [-0.25, -0.2) is 0 Å². The molecule has 1 aromatic carbocycles. The van der Waals surface area contributed by atoms with Crippen LogP contribution >= 0.6 is 11.6 Å². The van der Waals surface area contributed by atoms with Crippen LogP contribution in [-0.2, 0) is 4.79 Å². The van der Waals surface area contributed by atoms with E-state index in [0.29, 0.717) is 17.1 Å². The van der Waals surface area contributed by atoms with Crippen molar-refractivity contribution in [2.24, 2.45) is 0 Å². The van der Waals surface area contributed by atoms with E-state index in [2.05, 4.69) is 12.2 Å². The number of amides is 1. The quantitative estimate of drug-likeness (QED) is 0.542. The minimum atomic E-state index is 0.0593. The Morgan fingerprint density at radius 2 is 1.60 bits per heavy atom. The monoisotopic (exact) mass is 295 g/mol. The van der Waals surface area contributed by atoms with Gasteiger partial charge in [0.15, 0.2) is 0 Å². The van der Waals surface area contributed by atoms with E-state index in [4.69, 9.17) is 11.6 Å². The molecule has 0 saturated carbocycles. The number of nitrogens with one attached hydrogen (secondary N) is 1. The first-order valence-corrected chi connectivity index (χ1v) is 8.16. The van der Waals surface area contributed by atoms with Crippen LogP contribution in [0.25, 0.3) is 0 Å². The largest absolute Gasteiger partial charge is 0.325 e. The predicted octanol–water partition coefficient (Wildman–Crippen LogP) is 5.81. The Kier molecular flexibility index (Phi) is 9.14. The van der Waals surface area contributed by atoms with Crippen molar-refractivity contribution in [3.05, 3.63) is 29.3 Å². The van der Waals surface area contributed by atoms with Gasteiger partial charge in [0.05, 0.1) is 10.7 Å². The van der Waals surface area contributed by atoms with Gasteiger partial charge < -0.3 is 5.32 Å². The highest BCUT2D eigenvalue weighted by Crippen LogP contribution is 2.20. The van der Waals surface area contributed by atoms with E-state index in [-0.39, 0.29) is 5.91 Å². The van der Waals surface area contributed by atoms with Crippen LogP contribution in [0, 0.1) is 0 Å². The number of halogens is 1. The molecule has 0 aliphatic rings. The van der Waals surface area contributed by atoms with E-state index < -0.39 is 0 Å². The Bertz CT molecular complexity index is 392. The lowest BCUT2D eigenvalue weighted by molar-refractivity contribution is -0.116. The van der Waals surface area contributed by atoms with Crippen LogP contribution in [0.5, 0.6) is 0 Å². The number of rotatable bonds is 10. The van der Waals surface area contributed by atoms with Crippen LogP contribution < -0.4 is 5.32 Å². The third kappa shape index (κ3) is 7.54. The van der Waals surface area contributed by atoms with E-state index in [1.807, 2.05) is 18.2 Å². The molecule has 0 saturated heterocycles. The predicted molar refractivity (Wildman–Crippen MR) is 87.3 cm³/mol. The summed E-state index contributed by atoms with van der Waals surface area (Å²) in [6.45, 7) is 2.23. The lowest BCUT2D eigenvalue weighted by atomic mass is 10.1. The van der Waals surface area contributed by atoms with Crippen molar-refractivity contribution in [1.29, 1.82) is 0 Å². The summed E-state index contributed by atoms with van der Waals surface area (Å²) in [7, 11) is 0. The van der Waals surface area contributed by atoms with E-state index in [1.54, 1.807) is 6.07 Å². The standard InChI is InChI=1S/C17H26ClNO/c1-2-3-4-5-6-7-8-9-14-17(20)19-16-13-11-10-12-15(16)18/h10-13H,2-9,14H2,1H3,(H,19,20). The average molecular weight is 296 g/mol. The minimum Gasteiger partial charge on any atom is -0.325 e. The lowest BCUT2D eigenvalue weighted by Crippen LogP contribution is -2.11. The van der Waals surface area contributed by atoms with Crippen LogP contribution in [-0.4, -0.2) is 5.91 Å². The number of para-hydroxylation sites is 1. The molecule has 1 aromatic rings. The molecule has 0 aromatic heterocycles. The highest BCUT2D eigenvalue weighted by molar-refractivity contribution is 6.33. The Morgan fingerprint density at radius 3 is 2.25 bits per heavy atom. The molecule has 0 bridgehead atoms. The molecular weight excluding hydrogens is 270 g/mol. The number of hydrogen-bond donors (Lipinski definition) is 1. The first-order valence-electron chi connectivity index (χ1n) is 7.78. The molecule has 0 aliphatic heterocycles. The molecular formula is C17H26ClNO. The van der Waals surface area contributed by atoms with E-state index in [1.165, 1.54) is 38.5 Å². The fourth-order valence-electron chi connectivity index (χ4n) is 2.19. The van der Waals surface area contributed by atoms with Gasteiger partial charge in [0.2, 0.25) is 5.91 Å². The molecule has 3 heteroatoms. The van der Waals surface area contributed by atoms with Crippen molar-refractivity contribution in [3.8, 4) is 0 Å². The van der Waals surface area contributed by atoms with E-state index >= 15 is 0 Å². The maximum absolute atomic E-state index is 11.8. The summed E-state index contributed by atoms with van der Waals surface area (Å²) in [4.78, 5) is 11.8. The molecule has 1 amide bonds. The molecule has 20 heavy (non-hydrogen) atoms. The maximum atomic E-state index is 11.8. The van der Waals surface area contributed by atoms with Gasteiger partial charge >= 0.3 is 0 Å². The normalized spacial score (nSPS) is 10.5. The van der Waals surface area contributed by atoms with Crippen LogP contribution in [0.2, 0.25) is 5.02 Å². The van der Waals surface area contributed by atoms with E-state index in [9.17, 15) is 4.79 Å². The second-order valence-electron chi connectivity index (χ2n) is 5.25. The summed E-state index contributed by atoms with van der Waals surface area (Å²) in [6, 6.07) is 7.34. The summed E-state index contributed by atoms with van der Waals surface area (Å²) in [6.07, 6.45) is 10.5. The van der Waals surface area contributed by atoms with Crippen LogP contribution in [0.1, 0.15) is 64.7 Å². The van der Waals surface area contributed by atoms with Gasteiger partial charge in [-0.05, 0) is 18.6 Å². The van der Waals surface area contributed by atoms with Gasteiger partial charge in [-0.3, -0.25) is 4.79 Å². The second-order valence-corrected chi connectivity index (χ2v) is 5.66.